The molecule has 0 fully saturated rings. The topological polar surface area (TPSA) is 67.4 Å². The molecule has 3 rings (SSSR count). The molecule has 6 heteroatoms. The summed E-state index contributed by atoms with van der Waals surface area (Å²) in [6, 6.07) is 22.4. The number of halogens is 1. The molecule has 0 spiro atoms. The lowest BCUT2D eigenvalue weighted by Crippen LogP contribution is -2.15. The molecule has 5 nitrogen and oxygen atoms in total. The van der Waals surface area contributed by atoms with Crippen LogP contribution in [-0.4, -0.2) is 18.4 Å². The van der Waals surface area contributed by atoms with E-state index >= 15 is 0 Å². The van der Waals surface area contributed by atoms with Gasteiger partial charge in [-0.2, -0.15) is 0 Å². The van der Waals surface area contributed by atoms with Gasteiger partial charge in [-0.3, -0.25) is 9.59 Å². The summed E-state index contributed by atoms with van der Waals surface area (Å²) in [5, 5.41) is 5.66. The normalized spacial score (nSPS) is 10.3. The zero-order chi connectivity index (χ0) is 21.3. The quantitative estimate of drug-likeness (QED) is 0.449. The molecule has 2 amide bonds. The molecule has 0 radical (unpaired) electrons. The third kappa shape index (κ3) is 6.19. The second kappa shape index (κ2) is 10.6. The van der Waals surface area contributed by atoms with Gasteiger partial charge < -0.3 is 15.4 Å². The predicted molar refractivity (Wildman–Crippen MR) is 123 cm³/mol. The molecule has 2 N–H and O–H groups in total. The van der Waals surface area contributed by atoms with Crippen LogP contribution < -0.4 is 15.4 Å². The number of rotatable bonds is 8. The van der Waals surface area contributed by atoms with E-state index in [-0.39, 0.29) is 11.8 Å². The molecule has 0 heterocycles. The fourth-order valence-corrected chi connectivity index (χ4v) is 3.21. The molecule has 30 heavy (non-hydrogen) atoms. The van der Waals surface area contributed by atoms with Gasteiger partial charge in [-0.25, -0.2) is 0 Å². The standard InChI is InChI=1S/C24H23BrN2O3/c1-2-23(28)26-19-9-6-10-20(16-19)27-24(29)21-15-18(25)11-12-22(21)30-14-13-17-7-4-3-5-8-17/h3-12,15-16H,2,13-14H2,1H3,(H,26,28)(H,27,29). The Bertz CT molecular complexity index is 1020. The molecule has 3 aromatic rings. The number of benzene rings is 3. The van der Waals surface area contributed by atoms with E-state index in [1.807, 2.05) is 36.4 Å². The van der Waals surface area contributed by atoms with Crippen LogP contribution in [0.3, 0.4) is 0 Å². The Morgan fingerprint density at radius 1 is 0.900 bits per heavy atom. The number of anilines is 2. The number of carbonyl (C=O) groups excluding carboxylic acids is 2. The van der Waals surface area contributed by atoms with Crippen LogP contribution in [-0.2, 0) is 11.2 Å². The number of ether oxygens (including phenoxy) is 1. The van der Waals surface area contributed by atoms with E-state index in [0.717, 1.165) is 10.9 Å². The van der Waals surface area contributed by atoms with Crippen molar-refractivity contribution in [2.45, 2.75) is 19.8 Å². The van der Waals surface area contributed by atoms with Crippen LogP contribution in [0.5, 0.6) is 5.75 Å². The third-order valence-corrected chi connectivity index (χ3v) is 4.90. The molecule has 154 valence electrons. The molecule has 0 saturated carbocycles. The monoisotopic (exact) mass is 466 g/mol. The van der Waals surface area contributed by atoms with Gasteiger partial charge in [-0.05, 0) is 42.0 Å². The maximum absolute atomic E-state index is 12.9. The maximum atomic E-state index is 12.9. The van der Waals surface area contributed by atoms with Crippen molar-refractivity contribution in [2.75, 3.05) is 17.2 Å². The van der Waals surface area contributed by atoms with Gasteiger partial charge in [0.25, 0.3) is 5.91 Å². The van der Waals surface area contributed by atoms with Crippen LogP contribution in [0.2, 0.25) is 0 Å². The minimum atomic E-state index is -0.287. The Kier molecular flexibility index (Phi) is 7.63. The largest absolute Gasteiger partial charge is 0.492 e. The zero-order valence-electron chi connectivity index (χ0n) is 16.7. The molecule has 0 aromatic heterocycles. The summed E-state index contributed by atoms with van der Waals surface area (Å²) in [6.45, 7) is 2.25. The second-order valence-corrected chi connectivity index (χ2v) is 7.58. The van der Waals surface area contributed by atoms with Crippen molar-refractivity contribution in [3.63, 3.8) is 0 Å². The highest BCUT2D eigenvalue weighted by atomic mass is 79.9. The van der Waals surface area contributed by atoms with Crippen molar-refractivity contribution in [2.24, 2.45) is 0 Å². The Morgan fingerprint density at radius 3 is 2.37 bits per heavy atom. The van der Waals surface area contributed by atoms with E-state index in [0.29, 0.717) is 35.7 Å². The first-order chi connectivity index (χ1) is 14.5. The Hall–Kier alpha value is -3.12. The first-order valence-corrected chi connectivity index (χ1v) is 10.5. The fourth-order valence-electron chi connectivity index (χ4n) is 2.85. The van der Waals surface area contributed by atoms with Crippen LogP contribution in [0.25, 0.3) is 0 Å². The summed E-state index contributed by atoms with van der Waals surface area (Å²) in [6.07, 6.45) is 1.13. The summed E-state index contributed by atoms with van der Waals surface area (Å²) < 4.78 is 6.69. The maximum Gasteiger partial charge on any atom is 0.259 e. The first-order valence-electron chi connectivity index (χ1n) is 9.72. The van der Waals surface area contributed by atoms with Crippen LogP contribution >= 0.6 is 15.9 Å². The number of hydrogen-bond acceptors (Lipinski definition) is 3. The molecule has 0 saturated heterocycles. The Labute approximate surface area is 184 Å². The van der Waals surface area contributed by atoms with Crippen LogP contribution in [0.4, 0.5) is 11.4 Å². The molecular formula is C24H23BrN2O3. The summed E-state index contributed by atoms with van der Waals surface area (Å²) >= 11 is 3.42. The van der Waals surface area contributed by atoms with Gasteiger partial charge in [0.2, 0.25) is 5.91 Å². The Balaban J connectivity index is 1.70. The molecule has 0 atom stereocenters. The van der Waals surface area contributed by atoms with Crippen molar-refractivity contribution >= 4 is 39.1 Å². The van der Waals surface area contributed by atoms with Crippen molar-refractivity contribution in [3.05, 3.63) is 88.4 Å². The summed E-state index contributed by atoms with van der Waals surface area (Å²) in [5.41, 5.74) is 2.82. The highest BCUT2D eigenvalue weighted by Gasteiger charge is 2.14. The van der Waals surface area contributed by atoms with Gasteiger partial charge in [0, 0.05) is 28.7 Å². The van der Waals surface area contributed by atoms with Gasteiger partial charge in [0.15, 0.2) is 0 Å². The minimum absolute atomic E-state index is 0.0837. The molecular weight excluding hydrogens is 444 g/mol. The Morgan fingerprint density at radius 2 is 1.63 bits per heavy atom. The van der Waals surface area contributed by atoms with E-state index in [9.17, 15) is 9.59 Å². The van der Waals surface area contributed by atoms with Crippen LogP contribution in [0, 0.1) is 0 Å². The van der Waals surface area contributed by atoms with Gasteiger partial charge >= 0.3 is 0 Å². The highest BCUT2D eigenvalue weighted by molar-refractivity contribution is 9.10. The second-order valence-electron chi connectivity index (χ2n) is 6.66. The molecule has 0 unspecified atom stereocenters. The molecule has 0 aliphatic carbocycles. The predicted octanol–water partition coefficient (Wildman–Crippen LogP) is 5.67. The number of carbonyl (C=O) groups is 2. The van der Waals surface area contributed by atoms with E-state index in [2.05, 4.69) is 26.6 Å². The third-order valence-electron chi connectivity index (χ3n) is 4.40. The highest BCUT2D eigenvalue weighted by Crippen LogP contribution is 2.25. The van der Waals surface area contributed by atoms with Crippen LogP contribution in [0.15, 0.2) is 77.3 Å². The molecule has 0 bridgehead atoms. The van der Waals surface area contributed by atoms with Gasteiger partial charge in [0.05, 0.1) is 12.2 Å². The smallest absolute Gasteiger partial charge is 0.259 e. The summed E-state index contributed by atoms with van der Waals surface area (Å²) in [4.78, 5) is 24.5. The fraction of sp³-hybridized carbons (Fsp3) is 0.167. The van der Waals surface area contributed by atoms with Crippen molar-refractivity contribution in [1.29, 1.82) is 0 Å². The van der Waals surface area contributed by atoms with Crippen molar-refractivity contribution in [1.82, 2.24) is 0 Å². The average molecular weight is 467 g/mol. The van der Waals surface area contributed by atoms with Crippen molar-refractivity contribution < 1.29 is 14.3 Å². The lowest BCUT2D eigenvalue weighted by Gasteiger charge is -2.13. The number of amides is 2. The van der Waals surface area contributed by atoms with E-state index in [1.165, 1.54) is 5.56 Å². The number of hydrogen-bond donors (Lipinski definition) is 2. The first kappa shape index (κ1) is 21.6. The van der Waals surface area contributed by atoms with Gasteiger partial charge in [0.1, 0.15) is 5.75 Å². The van der Waals surface area contributed by atoms with Gasteiger partial charge in [-0.1, -0.05) is 59.3 Å². The number of nitrogens with one attached hydrogen (secondary N) is 2. The SMILES string of the molecule is CCC(=O)Nc1cccc(NC(=O)c2cc(Br)ccc2OCCc2ccccc2)c1. The lowest BCUT2D eigenvalue weighted by molar-refractivity contribution is -0.115. The summed E-state index contributed by atoms with van der Waals surface area (Å²) in [5.74, 6) is 0.145. The zero-order valence-corrected chi connectivity index (χ0v) is 18.2. The minimum Gasteiger partial charge on any atom is -0.492 e. The average Bonchev–Trinajstić information content (AvgIpc) is 2.75. The lowest BCUT2D eigenvalue weighted by atomic mass is 10.1. The van der Waals surface area contributed by atoms with E-state index in [4.69, 9.17) is 4.74 Å². The molecule has 0 aliphatic heterocycles. The molecule has 3 aromatic carbocycles. The van der Waals surface area contributed by atoms with Crippen LogP contribution in [0.1, 0.15) is 29.3 Å². The molecule has 0 aliphatic rings. The van der Waals surface area contributed by atoms with E-state index in [1.54, 1.807) is 43.3 Å². The van der Waals surface area contributed by atoms with Gasteiger partial charge in [-0.15, -0.1) is 0 Å². The van der Waals surface area contributed by atoms with Crippen molar-refractivity contribution in [3.8, 4) is 5.75 Å². The van der Waals surface area contributed by atoms with E-state index < -0.39 is 0 Å². The summed E-state index contributed by atoms with van der Waals surface area (Å²) in [7, 11) is 0.